The number of rotatable bonds is 11. The van der Waals surface area contributed by atoms with Gasteiger partial charge in [0.2, 0.25) is 0 Å². The number of anilines is 6. The van der Waals surface area contributed by atoms with Gasteiger partial charge in [0, 0.05) is 67.0 Å². The Balaban J connectivity index is 1.08. The number of aromatic nitrogens is 2. The summed E-state index contributed by atoms with van der Waals surface area (Å²) in [5.74, 6) is 0. The number of nitrogens with zero attached hydrogens (tertiary/aromatic N) is 4. The smallest absolute Gasteiger partial charge is 0.0541 e. The second-order valence-corrected chi connectivity index (χ2v) is 19.3. The predicted molar refractivity (Wildman–Crippen MR) is 321 cm³/mol. The molecular weight excluding hydrogens is 921 g/mol. The third kappa shape index (κ3) is 7.79. The normalized spacial score (nSPS) is 11.4. The molecule has 0 unspecified atom stereocenters. The molecule has 2 aromatic heterocycles. The SMILES string of the molecule is c1ccc(N(c2ccccc2)c2cc(-c3c(-c4ccc5c(c4)c4ccccc4n5-c4ccccc4)cccc3-c3ccc4c(c3)c3ccccc3n4-c3ccccc3)cc(N(c3ccccc3)c3ccccc3)c2)cc1. The molecule has 0 amide bonds. The molecule has 0 N–H and O–H groups in total. The average molecular weight is 971 g/mol. The van der Waals surface area contributed by atoms with Gasteiger partial charge in [-0.05, 0) is 161 Å². The molecule has 0 aliphatic rings. The van der Waals surface area contributed by atoms with E-state index in [0.29, 0.717) is 0 Å². The summed E-state index contributed by atoms with van der Waals surface area (Å²) in [6.45, 7) is 0. The molecule has 0 aliphatic heterocycles. The van der Waals surface area contributed by atoms with Gasteiger partial charge in [-0.3, -0.25) is 0 Å². The maximum absolute atomic E-state index is 2.42. The summed E-state index contributed by atoms with van der Waals surface area (Å²) in [5.41, 5.74) is 20.1. The van der Waals surface area contributed by atoms with Gasteiger partial charge in [-0.2, -0.15) is 0 Å². The molecule has 0 atom stereocenters. The second kappa shape index (κ2) is 19.0. The Morgan fingerprint density at radius 3 is 0.921 bits per heavy atom. The minimum Gasteiger partial charge on any atom is -0.310 e. The van der Waals surface area contributed by atoms with Crippen LogP contribution in [0.4, 0.5) is 34.1 Å². The zero-order chi connectivity index (χ0) is 50.4. The van der Waals surface area contributed by atoms with Crippen molar-refractivity contribution in [3.05, 3.63) is 303 Å². The first-order chi connectivity index (χ1) is 37.7. The van der Waals surface area contributed by atoms with Gasteiger partial charge < -0.3 is 18.9 Å². The Morgan fingerprint density at radius 2 is 0.539 bits per heavy atom. The van der Waals surface area contributed by atoms with E-state index in [0.717, 1.165) is 78.9 Å². The minimum absolute atomic E-state index is 1.03. The summed E-state index contributed by atoms with van der Waals surface area (Å²) < 4.78 is 4.79. The third-order valence-corrected chi connectivity index (χ3v) is 14.8. The van der Waals surface area contributed by atoms with Gasteiger partial charge in [0.05, 0.1) is 22.1 Å². The van der Waals surface area contributed by atoms with Crippen LogP contribution < -0.4 is 9.80 Å². The summed E-state index contributed by atoms with van der Waals surface area (Å²) in [4.78, 5) is 4.77. The van der Waals surface area contributed by atoms with Crippen LogP contribution in [0.3, 0.4) is 0 Å². The van der Waals surface area contributed by atoms with Crippen molar-refractivity contribution in [3.8, 4) is 44.8 Å². The van der Waals surface area contributed by atoms with E-state index in [-0.39, 0.29) is 0 Å². The molecule has 4 nitrogen and oxygen atoms in total. The van der Waals surface area contributed by atoms with E-state index < -0.39 is 0 Å². The first kappa shape index (κ1) is 44.5. The zero-order valence-corrected chi connectivity index (χ0v) is 41.7. The highest BCUT2D eigenvalue weighted by Gasteiger charge is 2.24. The number of fused-ring (bicyclic) bond motifs is 6. The fraction of sp³-hybridized carbons (Fsp3) is 0. The first-order valence-corrected chi connectivity index (χ1v) is 26.0. The van der Waals surface area contributed by atoms with E-state index in [1.54, 1.807) is 0 Å². The molecule has 12 aromatic carbocycles. The molecule has 358 valence electrons. The Hall–Kier alpha value is -10.2. The number of hydrogen-bond donors (Lipinski definition) is 0. The lowest BCUT2D eigenvalue weighted by atomic mass is 9.86. The van der Waals surface area contributed by atoms with Crippen LogP contribution in [0, 0.1) is 0 Å². The maximum Gasteiger partial charge on any atom is 0.0541 e. The Bertz CT molecular complexity index is 4020. The molecule has 0 bridgehead atoms. The van der Waals surface area contributed by atoms with Crippen molar-refractivity contribution in [1.82, 2.24) is 9.13 Å². The van der Waals surface area contributed by atoms with Crippen LogP contribution in [0.2, 0.25) is 0 Å². The lowest BCUT2D eigenvalue weighted by Crippen LogP contribution is -2.13. The topological polar surface area (TPSA) is 16.3 Å². The lowest BCUT2D eigenvalue weighted by molar-refractivity contribution is 1.18. The van der Waals surface area contributed by atoms with E-state index in [4.69, 9.17) is 0 Å². The first-order valence-electron chi connectivity index (χ1n) is 26.0. The van der Waals surface area contributed by atoms with E-state index >= 15 is 0 Å². The highest BCUT2D eigenvalue weighted by atomic mass is 15.2. The van der Waals surface area contributed by atoms with Gasteiger partial charge >= 0.3 is 0 Å². The van der Waals surface area contributed by atoms with Crippen molar-refractivity contribution in [2.24, 2.45) is 0 Å². The van der Waals surface area contributed by atoms with Gasteiger partial charge in [-0.25, -0.2) is 0 Å². The van der Waals surface area contributed by atoms with Crippen LogP contribution in [0.15, 0.2) is 303 Å². The highest BCUT2D eigenvalue weighted by Crippen LogP contribution is 2.49. The summed E-state index contributed by atoms with van der Waals surface area (Å²) >= 11 is 0. The largest absolute Gasteiger partial charge is 0.310 e. The number of benzene rings is 12. The summed E-state index contributed by atoms with van der Waals surface area (Å²) in [5, 5.41) is 4.84. The molecule has 0 saturated heterocycles. The van der Waals surface area contributed by atoms with Crippen LogP contribution in [0.1, 0.15) is 0 Å². The zero-order valence-electron chi connectivity index (χ0n) is 41.7. The van der Waals surface area contributed by atoms with E-state index in [9.17, 15) is 0 Å². The molecule has 2 heterocycles. The van der Waals surface area contributed by atoms with Gasteiger partial charge in [0.25, 0.3) is 0 Å². The molecule has 14 rings (SSSR count). The van der Waals surface area contributed by atoms with Gasteiger partial charge in [0.1, 0.15) is 0 Å². The van der Waals surface area contributed by atoms with Crippen molar-refractivity contribution in [3.63, 3.8) is 0 Å². The summed E-state index contributed by atoms with van der Waals surface area (Å²) in [6, 6.07) is 110. The number of hydrogen-bond acceptors (Lipinski definition) is 2. The van der Waals surface area contributed by atoms with Gasteiger partial charge in [-0.1, -0.05) is 176 Å². The highest BCUT2D eigenvalue weighted by molar-refractivity contribution is 6.13. The second-order valence-electron chi connectivity index (χ2n) is 19.3. The maximum atomic E-state index is 2.42. The minimum atomic E-state index is 1.03. The molecular formula is C72H50N4. The molecule has 0 fully saturated rings. The van der Waals surface area contributed by atoms with E-state index in [1.807, 2.05) is 0 Å². The Morgan fingerprint density at radius 1 is 0.211 bits per heavy atom. The van der Waals surface area contributed by atoms with Crippen molar-refractivity contribution in [2.75, 3.05) is 9.80 Å². The fourth-order valence-electron chi connectivity index (χ4n) is 11.5. The van der Waals surface area contributed by atoms with Crippen LogP contribution in [0.5, 0.6) is 0 Å². The van der Waals surface area contributed by atoms with Crippen LogP contribution in [0.25, 0.3) is 88.4 Å². The van der Waals surface area contributed by atoms with E-state index in [2.05, 4.69) is 322 Å². The monoisotopic (exact) mass is 970 g/mol. The van der Waals surface area contributed by atoms with E-state index in [1.165, 1.54) is 43.6 Å². The lowest BCUT2D eigenvalue weighted by Gasteiger charge is -2.31. The Kier molecular flexibility index (Phi) is 11.2. The molecule has 14 aromatic rings. The molecule has 76 heavy (non-hydrogen) atoms. The summed E-state index contributed by atoms with van der Waals surface area (Å²) in [7, 11) is 0. The molecule has 0 radical (unpaired) electrons. The van der Waals surface area contributed by atoms with Crippen LogP contribution in [-0.4, -0.2) is 9.13 Å². The van der Waals surface area contributed by atoms with Crippen molar-refractivity contribution in [2.45, 2.75) is 0 Å². The average Bonchev–Trinajstić information content (AvgIpc) is 4.10. The molecule has 0 saturated carbocycles. The molecule has 4 heteroatoms. The van der Waals surface area contributed by atoms with Gasteiger partial charge in [-0.15, -0.1) is 0 Å². The van der Waals surface area contributed by atoms with Crippen molar-refractivity contribution < 1.29 is 0 Å². The predicted octanol–water partition coefficient (Wildman–Crippen LogP) is 19.8. The third-order valence-electron chi connectivity index (χ3n) is 14.8. The Labute approximate surface area is 442 Å². The van der Waals surface area contributed by atoms with Crippen LogP contribution in [-0.2, 0) is 0 Å². The van der Waals surface area contributed by atoms with Crippen molar-refractivity contribution in [1.29, 1.82) is 0 Å². The summed E-state index contributed by atoms with van der Waals surface area (Å²) in [6.07, 6.45) is 0. The standard InChI is InChI=1S/C72H50N4/c1-7-24-54(25-8-1)73(55-26-9-2-10-27-55)60-46-53(47-61(50-60)74(56-28-11-3-12-29-56)57-30-13-4-14-31-57)72-62(51-42-44-70-66(48-51)64-36-19-21-40-68(64)75(70)58-32-15-5-16-33-58)38-23-39-63(72)52-43-45-71-67(49-52)65-37-20-22-41-69(65)76(71)59-34-17-6-18-35-59/h1-50H. The fourth-order valence-corrected chi connectivity index (χ4v) is 11.5. The number of para-hydroxylation sites is 8. The van der Waals surface area contributed by atoms with Gasteiger partial charge in [0.15, 0.2) is 0 Å². The molecule has 0 aliphatic carbocycles. The van der Waals surface area contributed by atoms with Crippen LogP contribution >= 0.6 is 0 Å². The molecule has 0 spiro atoms. The van der Waals surface area contributed by atoms with Crippen molar-refractivity contribution >= 4 is 77.7 Å². The quantitative estimate of drug-likeness (QED) is 0.128.